The molecule has 0 saturated heterocycles. The normalized spacial score (nSPS) is 12.4. The molecule has 43 heavy (non-hydrogen) atoms. The van der Waals surface area contributed by atoms with Crippen molar-refractivity contribution in [2.45, 2.75) is 58.0 Å². The summed E-state index contributed by atoms with van der Waals surface area (Å²) < 4.78 is 7.55. The molecule has 0 spiro atoms. The molecule has 0 aliphatic rings. The highest BCUT2D eigenvalue weighted by Gasteiger charge is 2.24. The summed E-state index contributed by atoms with van der Waals surface area (Å²) >= 11 is 6.92. The van der Waals surface area contributed by atoms with Gasteiger partial charge in [-0.25, -0.2) is 4.79 Å². The molecule has 4 rings (SSSR count). The van der Waals surface area contributed by atoms with E-state index < -0.39 is 5.60 Å². The predicted molar refractivity (Wildman–Crippen MR) is 182 cm³/mol. The summed E-state index contributed by atoms with van der Waals surface area (Å²) in [6.45, 7) is 8.23. The number of benzene rings is 4. The lowest BCUT2D eigenvalue weighted by molar-refractivity contribution is 0.0294. The van der Waals surface area contributed by atoms with Gasteiger partial charge >= 0.3 is 6.09 Å². The van der Waals surface area contributed by atoms with E-state index in [1.54, 1.807) is 36.2 Å². The van der Waals surface area contributed by atoms with Gasteiger partial charge in [0.25, 0.3) is 0 Å². The van der Waals surface area contributed by atoms with E-state index in [1.165, 1.54) is 11.1 Å². The molecule has 2 atom stereocenters. The third-order valence-electron chi connectivity index (χ3n) is 6.87. The second-order valence-electron chi connectivity index (χ2n) is 11.5. The van der Waals surface area contributed by atoms with Gasteiger partial charge in [-0.1, -0.05) is 93.7 Å². The first-order valence-electron chi connectivity index (χ1n) is 14.4. The number of nitrogens with zero attached hydrogens (tertiary/aromatic N) is 1. The smallest absolute Gasteiger partial charge is 0.410 e. The van der Waals surface area contributed by atoms with Gasteiger partial charge in [0.05, 0.1) is 0 Å². The van der Waals surface area contributed by atoms with Crippen molar-refractivity contribution in [3.63, 3.8) is 0 Å². The van der Waals surface area contributed by atoms with Gasteiger partial charge in [0.15, 0.2) is 0 Å². The van der Waals surface area contributed by atoms with Crippen molar-refractivity contribution in [2.24, 2.45) is 0 Å². The van der Waals surface area contributed by atoms with Crippen molar-refractivity contribution in [3.8, 4) is 11.5 Å². The highest BCUT2D eigenvalue weighted by Crippen LogP contribution is 2.31. The van der Waals surface area contributed by atoms with Gasteiger partial charge in [-0.3, -0.25) is 0 Å². The summed E-state index contributed by atoms with van der Waals surface area (Å²) in [5.74, 6) is 0.929. The average molecular weight is 712 g/mol. The molecule has 4 aromatic carbocycles. The number of hydrogen-bond acceptors (Lipinski definition) is 4. The van der Waals surface area contributed by atoms with Crippen LogP contribution in [0.1, 0.15) is 74.6 Å². The van der Waals surface area contributed by atoms with Crippen LogP contribution in [0.25, 0.3) is 0 Å². The Morgan fingerprint density at radius 1 is 0.698 bits per heavy atom. The fourth-order valence-electron chi connectivity index (χ4n) is 4.71. The highest BCUT2D eigenvalue weighted by molar-refractivity contribution is 9.10. The summed E-state index contributed by atoms with van der Waals surface area (Å²) in [5, 5.41) is 18.9. The molecular formula is C36H41Br2NO4. The van der Waals surface area contributed by atoms with Crippen LogP contribution in [0.4, 0.5) is 4.79 Å². The zero-order valence-electron chi connectivity index (χ0n) is 25.4. The predicted octanol–water partition coefficient (Wildman–Crippen LogP) is 10.2. The first kappa shape index (κ1) is 34.2. The lowest BCUT2D eigenvalue weighted by atomic mass is 9.88. The second-order valence-corrected chi connectivity index (χ2v) is 13.4. The van der Waals surface area contributed by atoms with Gasteiger partial charge in [-0.2, -0.15) is 0 Å². The van der Waals surface area contributed by atoms with Crippen molar-refractivity contribution in [2.75, 3.05) is 13.6 Å². The Morgan fingerprint density at radius 3 is 1.40 bits per heavy atom. The molecule has 0 radical (unpaired) electrons. The number of ether oxygens (including phenoxy) is 1. The third-order valence-corrected chi connectivity index (χ3v) is 7.93. The number of amides is 1. The Kier molecular flexibility index (Phi) is 12.7. The number of phenolic OH excluding ortho intramolecular Hbond substituents is 2. The minimum Gasteiger partial charge on any atom is -0.508 e. The van der Waals surface area contributed by atoms with Crippen LogP contribution in [0.2, 0.25) is 0 Å². The fraction of sp³-hybridized carbons (Fsp3) is 0.306. The van der Waals surface area contributed by atoms with Gasteiger partial charge in [-0.15, -0.1) is 0 Å². The average Bonchev–Trinajstić information content (AvgIpc) is 2.96. The quantitative estimate of drug-likeness (QED) is 0.191. The first-order valence-corrected chi connectivity index (χ1v) is 16.0. The summed E-state index contributed by atoms with van der Waals surface area (Å²) in [5.41, 5.74) is 4.17. The van der Waals surface area contributed by atoms with E-state index in [1.807, 2.05) is 69.3 Å². The number of aromatic hydroxyl groups is 2. The van der Waals surface area contributed by atoms with E-state index in [9.17, 15) is 15.0 Å². The topological polar surface area (TPSA) is 70.0 Å². The summed E-state index contributed by atoms with van der Waals surface area (Å²) in [6, 6.07) is 31.1. The Balaban J connectivity index is 0.000000248. The van der Waals surface area contributed by atoms with Crippen molar-refractivity contribution in [3.05, 3.63) is 128 Å². The minimum absolute atomic E-state index is 0.0220. The van der Waals surface area contributed by atoms with Crippen molar-refractivity contribution < 1.29 is 19.7 Å². The van der Waals surface area contributed by atoms with Crippen LogP contribution in [0, 0.1) is 0 Å². The van der Waals surface area contributed by atoms with E-state index in [0.717, 1.165) is 32.9 Å². The number of rotatable bonds is 8. The van der Waals surface area contributed by atoms with Crippen LogP contribution in [0.3, 0.4) is 0 Å². The molecule has 1 amide bonds. The molecule has 0 bridgehead atoms. The lowest BCUT2D eigenvalue weighted by Gasteiger charge is -2.28. The number of phenols is 2. The number of hydrogen-bond donors (Lipinski definition) is 2. The van der Waals surface area contributed by atoms with Crippen molar-refractivity contribution >= 4 is 38.0 Å². The van der Waals surface area contributed by atoms with Gasteiger partial charge in [0.1, 0.15) is 17.1 Å². The Labute approximate surface area is 272 Å². The van der Waals surface area contributed by atoms with Gasteiger partial charge in [0, 0.05) is 34.4 Å². The summed E-state index contributed by atoms with van der Waals surface area (Å²) in [7, 11) is 1.74. The van der Waals surface area contributed by atoms with Crippen molar-refractivity contribution in [1.29, 1.82) is 0 Å². The fourth-order valence-corrected chi connectivity index (χ4v) is 5.24. The Morgan fingerprint density at radius 2 is 1.05 bits per heavy atom. The number of likely N-dealkylation sites (N-methyl/N-ethyl adjacent to an activating group) is 1. The molecule has 0 fully saturated rings. The van der Waals surface area contributed by atoms with Crippen LogP contribution in [-0.4, -0.2) is 40.4 Å². The zero-order chi connectivity index (χ0) is 31.6. The molecule has 2 unspecified atom stereocenters. The van der Waals surface area contributed by atoms with Crippen LogP contribution >= 0.6 is 31.9 Å². The second kappa shape index (κ2) is 16.0. The zero-order valence-corrected chi connectivity index (χ0v) is 28.6. The van der Waals surface area contributed by atoms with E-state index in [2.05, 4.69) is 63.0 Å². The van der Waals surface area contributed by atoms with Crippen molar-refractivity contribution in [1.82, 2.24) is 4.90 Å². The van der Waals surface area contributed by atoms with Crippen LogP contribution in [0.15, 0.2) is 106 Å². The molecule has 2 N–H and O–H groups in total. The lowest BCUT2D eigenvalue weighted by Crippen LogP contribution is -2.36. The highest BCUT2D eigenvalue weighted by atomic mass is 79.9. The molecule has 0 aliphatic heterocycles. The monoisotopic (exact) mass is 709 g/mol. The molecule has 7 heteroatoms. The molecule has 5 nitrogen and oxygen atoms in total. The third kappa shape index (κ3) is 11.0. The maximum Gasteiger partial charge on any atom is 0.410 e. The van der Waals surface area contributed by atoms with Gasteiger partial charge in [0.2, 0.25) is 0 Å². The van der Waals surface area contributed by atoms with E-state index in [0.29, 0.717) is 18.2 Å². The SMILES string of the molecule is CCCC(c1ccc(O)cc1)c1ccc(Br)cc1.CN(CC(c1ccc(O)cc1)c1ccc(Br)cc1)C(=O)OC(C)(C)C. The van der Waals surface area contributed by atoms with E-state index in [-0.39, 0.29) is 17.8 Å². The van der Waals surface area contributed by atoms with Crippen LogP contribution < -0.4 is 0 Å². The molecule has 228 valence electrons. The van der Waals surface area contributed by atoms with E-state index >= 15 is 0 Å². The van der Waals surface area contributed by atoms with E-state index in [4.69, 9.17) is 4.74 Å². The molecular weight excluding hydrogens is 670 g/mol. The van der Waals surface area contributed by atoms with Gasteiger partial charge in [-0.05, 0) is 98.0 Å². The molecule has 0 aliphatic carbocycles. The molecule has 4 aromatic rings. The molecule has 0 aromatic heterocycles. The number of halogens is 2. The summed E-state index contributed by atoms with van der Waals surface area (Å²) in [4.78, 5) is 13.9. The molecule has 0 saturated carbocycles. The largest absolute Gasteiger partial charge is 0.508 e. The minimum atomic E-state index is -0.531. The standard InChI is InChI=1S/C20H24BrNO3.C16H17BrO/c1-20(2,3)25-19(24)22(4)13-18(14-5-9-16(21)10-6-14)15-7-11-17(23)12-8-15;1-2-3-16(12-4-8-14(17)9-5-12)13-6-10-15(18)11-7-13/h5-12,18,23H,13H2,1-4H3;4-11,16,18H,2-3H2,1H3. The Hall–Kier alpha value is -3.29. The number of carbonyl (C=O) groups excluding carboxylic acids is 1. The maximum atomic E-state index is 12.3. The number of carbonyl (C=O) groups is 1. The first-order chi connectivity index (χ1) is 20.4. The molecule has 0 heterocycles. The summed E-state index contributed by atoms with van der Waals surface area (Å²) in [6.07, 6.45) is 1.90. The maximum absolute atomic E-state index is 12.3. The Bertz CT molecular complexity index is 1320. The van der Waals surface area contributed by atoms with Crippen LogP contribution in [-0.2, 0) is 4.74 Å². The van der Waals surface area contributed by atoms with Crippen LogP contribution in [0.5, 0.6) is 11.5 Å². The van der Waals surface area contributed by atoms with Gasteiger partial charge < -0.3 is 19.8 Å².